The average molecular weight is 252 g/mol. The number of nitrogens with one attached hydrogen (secondary N) is 1. The highest BCUT2D eigenvalue weighted by Gasteiger charge is 2.36. The van der Waals surface area contributed by atoms with Crippen molar-refractivity contribution in [1.29, 1.82) is 0 Å². The molecule has 1 saturated heterocycles. The Bertz CT molecular complexity index is 288. The lowest BCUT2D eigenvalue weighted by Gasteiger charge is -2.39. The molecule has 1 fully saturated rings. The highest BCUT2D eigenvalue weighted by molar-refractivity contribution is 5.82. The maximum Gasteiger partial charge on any atom is 0.226 e. The summed E-state index contributed by atoms with van der Waals surface area (Å²) in [5.41, 5.74) is -0.188. The molecule has 1 amide bonds. The van der Waals surface area contributed by atoms with E-state index in [-0.39, 0.29) is 11.3 Å². The molecule has 1 aliphatic rings. The van der Waals surface area contributed by atoms with E-state index in [0.29, 0.717) is 0 Å². The van der Waals surface area contributed by atoms with Crippen LogP contribution in [0.1, 0.15) is 46.0 Å². The number of allylic oxidation sites excluding steroid dienone is 2. The number of unbranched alkanes of at least 4 members (excludes halogenated alkanes) is 1. The summed E-state index contributed by atoms with van der Waals surface area (Å²) in [5.74, 6) is 0.193. The van der Waals surface area contributed by atoms with Gasteiger partial charge in [-0.2, -0.15) is 0 Å². The minimum absolute atomic E-state index is 0.188. The fourth-order valence-corrected chi connectivity index (χ4v) is 2.74. The molecule has 0 aliphatic carbocycles. The third-order valence-corrected chi connectivity index (χ3v) is 3.80. The fourth-order valence-electron chi connectivity index (χ4n) is 2.74. The first-order valence-corrected chi connectivity index (χ1v) is 7.22. The maximum atomic E-state index is 11.9. The van der Waals surface area contributed by atoms with Gasteiger partial charge in [-0.1, -0.05) is 19.1 Å². The summed E-state index contributed by atoms with van der Waals surface area (Å²) in [6, 6.07) is 0. The van der Waals surface area contributed by atoms with Gasteiger partial charge in [-0.15, -0.1) is 0 Å². The topological polar surface area (TPSA) is 32.3 Å². The number of piperidine rings is 1. The second kappa shape index (κ2) is 7.57. The van der Waals surface area contributed by atoms with Crippen LogP contribution >= 0.6 is 0 Å². The molecule has 1 heterocycles. The summed E-state index contributed by atoms with van der Waals surface area (Å²) in [6.45, 7) is 7.42. The molecule has 1 aliphatic heterocycles. The molecule has 18 heavy (non-hydrogen) atoms. The molecular formula is C15H28N2O. The maximum absolute atomic E-state index is 11.9. The van der Waals surface area contributed by atoms with Crippen molar-refractivity contribution in [3.05, 3.63) is 12.2 Å². The summed E-state index contributed by atoms with van der Waals surface area (Å²) < 4.78 is 0. The second-order valence-corrected chi connectivity index (χ2v) is 5.54. The number of carbonyl (C=O) groups is 1. The molecular weight excluding hydrogens is 224 g/mol. The summed E-state index contributed by atoms with van der Waals surface area (Å²) in [6.07, 6.45) is 10.1. The highest BCUT2D eigenvalue weighted by Crippen LogP contribution is 2.29. The molecule has 1 unspecified atom stereocenters. The molecule has 0 aromatic carbocycles. The first-order valence-electron chi connectivity index (χ1n) is 7.22. The van der Waals surface area contributed by atoms with Gasteiger partial charge in [-0.05, 0) is 52.1 Å². The van der Waals surface area contributed by atoms with Crippen molar-refractivity contribution >= 4 is 5.91 Å². The summed E-state index contributed by atoms with van der Waals surface area (Å²) in [5, 5.41) is 2.80. The minimum atomic E-state index is -0.188. The van der Waals surface area contributed by atoms with Crippen molar-refractivity contribution in [3.63, 3.8) is 0 Å². The first-order chi connectivity index (χ1) is 8.62. The predicted molar refractivity (Wildman–Crippen MR) is 76.5 cm³/mol. The van der Waals surface area contributed by atoms with E-state index in [1.807, 2.05) is 0 Å². The molecule has 0 aromatic rings. The van der Waals surface area contributed by atoms with Crippen molar-refractivity contribution < 1.29 is 4.79 Å². The third kappa shape index (κ3) is 4.45. The lowest BCUT2D eigenvalue weighted by atomic mass is 9.81. The van der Waals surface area contributed by atoms with Gasteiger partial charge in [0.25, 0.3) is 0 Å². The molecule has 104 valence electrons. The third-order valence-electron chi connectivity index (χ3n) is 3.80. The van der Waals surface area contributed by atoms with Crippen molar-refractivity contribution in [1.82, 2.24) is 10.2 Å². The smallest absolute Gasteiger partial charge is 0.226 e. The van der Waals surface area contributed by atoms with E-state index in [4.69, 9.17) is 0 Å². The predicted octanol–water partition coefficient (Wildman–Crippen LogP) is 2.58. The van der Waals surface area contributed by atoms with Gasteiger partial charge in [-0.3, -0.25) is 4.79 Å². The van der Waals surface area contributed by atoms with E-state index < -0.39 is 0 Å². The van der Waals surface area contributed by atoms with E-state index in [1.54, 1.807) is 7.05 Å². The van der Waals surface area contributed by atoms with Crippen LogP contribution in [0.25, 0.3) is 0 Å². The van der Waals surface area contributed by atoms with Crippen molar-refractivity contribution in [2.24, 2.45) is 5.41 Å². The molecule has 0 spiro atoms. The Morgan fingerprint density at radius 1 is 1.44 bits per heavy atom. The van der Waals surface area contributed by atoms with Gasteiger partial charge >= 0.3 is 0 Å². The molecule has 3 nitrogen and oxygen atoms in total. The normalized spacial score (nSPS) is 25.5. The molecule has 1 rings (SSSR count). The van der Waals surface area contributed by atoms with Crippen molar-refractivity contribution in [2.75, 3.05) is 26.7 Å². The SMILES string of the molecule is CC/C=C\CCCN1CCCC(C)(C(=O)NC)C1. The number of amides is 1. The zero-order valence-corrected chi connectivity index (χ0v) is 12.2. The van der Waals surface area contributed by atoms with E-state index in [2.05, 4.69) is 36.2 Å². The Morgan fingerprint density at radius 3 is 2.89 bits per heavy atom. The van der Waals surface area contributed by atoms with E-state index in [9.17, 15) is 4.79 Å². The number of hydrogen-bond acceptors (Lipinski definition) is 2. The molecule has 0 saturated carbocycles. The number of likely N-dealkylation sites (tertiary alicyclic amines) is 1. The van der Waals surface area contributed by atoms with Crippen molar-refractivity contribution in [2.45, 2.75) is 46.0 Å². The standard InChI is InChI=1S/C15H28N2O/c1-4-5-6-7-8-11-17-12-9-10-15(2,13-17)14(18)16-3/h5-6H,4,7-13H2,1-3H3,(H,16,18)/b6-5-. The summed E-state index contributed by atoms with van der Waals surface area (Å²) >= 11 is 0. The van der Waals surface area contributed by atoms with Gasteiger partial charge in [0, 0.05) is 13.6 Å². The van der Waals surface area contributed by atoms with Gasteiger partial charge in [0.2, 0.25) is 5.91 Å². The Hall–Kier alpha value is -0.830. The Labute approximate surface area is 112 Å². The molecule has 0 radical (unpaired) electrons. The molecule has 1 atom stereocenters. The summed E-state index contributed by atoms with van der Waals surface area (Å²) in [4.78, 5) is 14.3. The van der Waals surface area contributed by atoms with Gasteiger partial charge in [-0.25, -0.2) is 0 Å². The Morgan fingerprint density at radius 2 is 2.22 bits per heavy atom. The fraction of sp³-hybridized carbons (Fsp3) is 0.800. The minimum Gasteiger partial charge on any atom is -0.359 e. The largest absolute Gasteiger partial charge is 0.359 e. The number of nitrogens with zero attached hydrogens (tertiary/aromatic N) is 1. The Balaban J connectivity index is 2.35. The molecule has 0 bridgehead atoms. The summed E-state index contributed by atoms with van der Waals surface area (Å²) in [7, 11) is 1.74. The van der Waals surface area contributed by atoms with Gasteiger partial charge in [0.05, 0.1) is 5.41 Å². The van der Waals surface area contributed by atoms with Crippen LogP contribution in [0.5, 0.6) is 0 Å². The zero-order chi connectivity index (χ0) is 13.4. The Kier molecular flexibility index (Phi) is 6.41. The van der Waals surface area contributed by atoms with Crippen LogP contribution in [0.4, 0.5) is 0 Å². The lowest BCUT2D eigenvalue weighted by Crippen LogP contribution is -2.49. The van der Waals surface area contributed by atoms with E-state index in [0.717, 1.165) is 45.3 Å². The molecule has 0 aromatic heterocycles. The number of hydrogen-bond donors (Lipinski definition) is 1. The molecule has 3 heteroatoms. The van der Waals surface area contributed by atoms with Crippen LogP contribution < -0.4 is 5.32 Å². The van der Waals surface area contributed by atoms with Gasteiger partial charge < -0.3 is 10.2 Å². The lowest BCUT2D eigenvalue weighted by molar-refractivity contribution is -0.132. The van der Waals surface area contributed by atoms with Gasteiger partial charge in [0.1, 0.15) is 0 Å². The average Bonchev–Trinajstić information content (AvgIpc) is 2.37. The van der Waals surface area contributed by atoms with Crippen LogP contribution in [0.15, 0.2) is 12.2 Å². The quantitative estimate of drug-likeness (QED) is 0.582. The second-order valence-electron chi connectivity index (χ2n) is 5.54. The molecule has 1 N–H and O–H groups in total. The van der Waals surface area contributed by atoms with Crippen molar-refractivity contribution in [3.8, 4) is 0 Å². The van der Waals surface area contributed by atoms with Gasteiger partial charge in [0.15, 0.2) is 0 Å². The number of rotatable bonds is 6. The highest BCUT2D eigenvalue weighted by atomic mass is 16.2. The van der Waals surface area contributed by atoms with Crippen LogP contribution in [0.3, 0.4) is 0 Å². The van der Waals surface area contributed by atoms with Crippen LogP contribution in [0.2, 0.25) is 0 Å². The number of carbonyl (C=O) groups excluding carboxylic acids is 1. The van der Waals surface area contributed by atoms with Crippen LogP contribution in [-0.2, 0) is 4.79 Å². The zero-order valence-electron chi connectivity index (χ0n) is 12.2. The first kappa shape index (κ1) is 15.2. The van der Waals surface area contributed by atoms with E-state index in [1.165, 1.54) is 6.42 Å². The monoisotopic (exact) mass is 252 g/mol. The van der Waals surface area contributed by atoms with E-state index >= 15 is 0 Å². The van der Waals surface area contributed by atoms with Crippen LogP contribution in [-0.4, -0.2) is 37.5 Å². The van der Waals surface area contributed by atoms with Crippen LogP contribution in [0, 0.1) is 5.41 Å².